The summed E-state index contributed by atoms with van der Waals surface area (Å²) in [4.78, 5) is 2.51. The van der Waals surface area contributed by atoms with Gasteiger partial charge >= 0.3 is 0 Å². The Bertz CT molecular complexity index is 750. The van der Waals surface area contributed by atoms with Crippen LogP contribution in [0, 0.1) is 0 Å². The second-order valence-electron chi connectivity index (χ2n) is 6.11. The molecule has 3 nitrogen and oxygen atoms in total. The monoisotopic (exact) mass is 291 g/mol. The minimum absolute atomic E-state index is 0.947. The molecule has 22 heavy (non-hydrogen) atoms. The van der Waals surface area contributed by atoms with E-state index in [0.717, 1.165) is 32.7 Å². The van der Waals surface area contributed by atoms with Crippen LogP contribution >= 0.6 is 0 Å². The highest BCUT2D eigenvalue weighted by Crippen LogP contribution is 2.29. The number of hydrazine groups is 1. The Balaban J connectivity index is 1.82. The van der Waals surface area contributed by atoms with E-state index in [4.69, 9.17) is 5.84 Å². The van der Waals surface area contributed by atoms with Gasteiger partial charge in [0.15, 0.2) is 0 Å². The van der Waals surface area contributed by atoms with Crippen molar-refractivity contribution in [3.63, 3.8) is 0 Å². The molecule has 0 spiro atoms. The first kappa shape index (κ1) is 13.7. The maximum absolute atomic E-state index is 5.88. The molecular formula is C19H21N3. The van der Waals surface area contributed by atoms with E-state index in [1.54, 1.807) is 0 Å². The SMILES string of the molecule is NN1CCN(Cc2c3ccccc3cc3ccccc23)CC1. The molecule has 1 heterocycles. The number of benzene rings is 3. The molecule has 3 aromatic carbocycles. The summed E-state index contributed by atoms with van der Waals surface area (Å²) in [5.74, 6) is 5.88. The number of hydrogen-bond acceptors (Lipinski definition) is 3. The smallest absolute Gasteiger partial charge is 0.0257 e. The van der Waals surface area contributed by atoms with Gasteiger partial charge in [-0.3, -0.25) is 10.7 Å². The van der Waals surface area contributed by atoms with E-state index in [2.05, 4.69) is 59.5 Å². The summed E-state index contributed by atoms with van der Waals surface area (Å²) in [5.41, 5.74) is 1.44. The van der Waals surface area contributed by atoms with Crippen molar-refractivity contribution in [3.8, 4) is 0 Å². The molecule has 3 heteroatoms. The molecule has 0 amide bonds. The van der Waals surface area contributed by atoms with Crippen LogP contribution in [0.25, 0.3) is 21.5 Å². The fourth-order valence-corrected chi connectivity index (χ4v) is 3.42. The van der Waals surface area contributed by atoms with Gasteiger partial charge in [-0.15, -0.1) is 0 Å². The summed E-state index contributed by atoms with van der Waals surface area (Å²) in [5, 5.41) is 7.31. The fraction of sp³-hybridized carbons (Fsp3) is 0.263. The van der Waals surface area contributed by atoms with Crippen LogP contribution in [0.4, 0.5) is 0 Å². The zero-order chi connectivity index (χ0) is 14.9. The second kappa shape index (κ2) is 5.69. The lowest BCUT2D eigenvalue weighted by molar-refractivity contribution is 0.129. The molecule has 0 unspecified atom stereocenters. The van der Waals surface area contributed by atoms with Crippen molar-refractivity contribution in [2.24, 2.45) is 5.84 Å². The molecule has 4 rings (SSSR count). The molecule has 1 aliphatic heterocycles. The number of nitrogens with two attached hydrogens (primary N) is 1. The van der Waals surface area contributed by atoms with E-state index >= 15 is 0 Å². The topological polar surface area (TPSA) is 32.5 Å². The van der Waals surface area contributed by atoms with Crippen LogP contribution in [0.15, 0.2) is 54.6 Å². The van der Waals surface area contributed by atoms with Crippen LogP contribution in [0.2, 0.25) is 0 Å². The summed E-state index contributed by atoms with van der Waals surface area (Å²) in [7, 11) is 0. The zero-order valence-electron chi connectivity index (χ0n) is 12.7. The number of nitrogens with zero attached hydrogens (tertiary/aromatic N) is 2. The molecule has 1 saturated heterocycles. The molecule has 0 aliphatic carbocycles. The van der Waals surface area contributed by atoms with Crippen molar-refractivity contribution < 1.29 is 0 Å². The summed E-state index contributed by atoms with van der Waals surface area (Å²) in [6.07, 6.45) is 0. The van der Waals surface area contributed by atoms with Gasteiger partial charge in [-0.05, 0) is 33.2 Å². The van der Waals surface area contributed by atoms with Gasteiger partial charge in [-0.25, -0.2) is 5.01 Å². The Morgan fingerprint density at radius 2 is 1.32 bits per heavy atom. The van der Waals surface area contributed by atoms with E-state index in [0.29, 0.717) is 0 Å². The molecule has 0 aromatic heterocycles. The highest BCUT2D eigenvalue weighted by Gasteiger charge is 2.16. The van der Waals surface area contributed by atoms with Crippen LogP contribution in [-0.2, 0) is 6.54 Å². The van der Waals surface area contributed by atoms with Gasteiger partial charge in [0.25, 0.3) is 0 Å². The van der Waals surface area contributed by atoms with Crippen LogP contribution in [0.3, 0.4) is 0 Å². The lowest BCUT2D eigenvalue weighted by atomic mass is 9.96. The number of piperazine rings is 1. The molecule has 0 atom stereocenters. The molecule has 0 saturated carbocycles. The van der Waals surface area contributed by atoms with Gasteiger partial charge in [0, 0.05) is 32.7 Å². The van der Waals surface area contributed by atoms with Crippen LogP contribution in [-0.4, -0.2) is 36.1 Å². The molecule has 0 radical (unpaired) electrons. The minimum Gasteiger partial charge on any atom is -0.296 e. The first-order valence-corrected chi connectivity index (χ1v) is 7.92. The lowest BCUT2D eigenvalue weighted by Crippen LogP contribution is -2.48. The molecule has 2 N–H and O–H groups in total. The number of fused-ring (bicyclic) bond motifs is 2. The average molecular weight is 291 g/mol. The van der Waals surface area contributed by atoms with Gasteiger partial charge in [-0.2, -0.15) is 0 Å². The molecule has 1 fully saturated rings. The summed E-state index contributed by atoms with van der Waals surface area (Å²) < 4.78 is 0. The molecule has 3 aromatic rings. The van der Waals surface area contributed by atoms with Crippen LogP contribution in [0.1, 0.15) is 5.56 Å². The quantitative estimate of drug-likeness (QED) is 0.582. The van der Waals surface area contributed by atoms with Crippen molar-refractivity contribution in [3.05, 3.63) is 60.2 Å². The largest absolute Gasteiger partial charge is 0.296 e. The predicted molar refractivity (Wildman–Crippen MR) is 92.5 cm³/mol. The Morgan fingerprint density at radius 1 is 0.773 bits per heavy atom. The summed E-state index contributed by atoms with van der Waals surface area (Å²) in [6, 6.07) is 19.7. The van der Waals surface area contributed by atoms with Gasteiger partial charge in [0.1, 0.15) is 0 Å². The third-order valence-corrected chi connectivity index (χ3v) is 4.67. The molecule has 112 valence electrons. The highest BCUT2D eigenvalue weighted by molar-refractivity contribution is 6.02. The Hall–Kier alpha value is -1.94. The lowest BCUT2D eigenvalue weighted by Gasteiger charge is -2.32. The van der Waals surface area contributed by atoms with Crippen molar-refractivity contribution >= 4 is 21.5 Å². The minimum atomic E-state index is 0.947. The predicted octanol–water partition coefficient (Wildman–Crippen LogP) is 2.98. The zero-order valence-corrected chi connectivity index (χ0v) is 12.7. The van der Waals surface area contributed by atoms with Crippen molar-refractivity contribution in [1.82, 2.24) is 9.91 Å². The Kier molecular flexibility index (Phi) is 3.54. The number of hydrogen-bond donors (Lipinski definition) is 1. The van der Waals surface area contributed by atoms with Crippen LogP contribution < -0.4 is 5.84 Å². The summed E-state index contributed by atoms with van der Waals surface area (Å²) >= 11 is 0. The maximum Gasteiger partial charge on any atom is 0.0257 e. The first-order chi connectivity index (χ1) is 10.8. The van der Waals surface area contributed by atoms with Crippen molar-refractivity contribution in [1.29, 1.82) is 0 Å². The highest BCUT2D eigenvalue weighted by atomic mass is 15.4. The summed E-state index contributed by atoms with van der Waals surface area (Å²) in [6.45, 7) is 4.96. The van der Waals surface area contributed by atoms with E-state index in [9.17, 15) is 0 Å². The molecule has 0 bridgehead atoms. The first-order valence-electron chi connectivity index (χ1n) is 7.92. The Morgan fingerprint density at radius 3 is 1.91 bits per heavy atom. The van der Waals surface area contributed by atoms with E-state index in [-0.39, 0.29) is 0 Å². The van der Waals surface area contributed by atoms with Crippen molar-refractivity contribution in [2.45, 2.75) is 6.54 Å². The average Bonchev–Trinajstić information content (AvgIpc) is 2.56. The second-order valence-corrected chi connectivity index (χ2v) is 6.11. The van der Waals surface area contributed by atoms with Crippen LogP contribution in [0.5, 0.6) is 0 Å². The standard InChI is InChI=1S/C19H21N3/c20-22-11-9-21(10-12-22)14-19-17-7-3-1-5-15(17)13-16-6-2-4-8-18(16)19/h1-8,13H,9-12,14,20H2. The normalized spacial score (nSPS) is 17.3. The van der Waals surface area contributed by atoms with E-state index in [1.165, 1.54) is 27.1 Å². The van der Waals surface area contributed by atoms with Gasteiger partial charge in [0.2, 0.25) is 0 Å². The van der Waals surface area contributed by atoms with Gasteiger partial charge < -0.3 is 0 Å². The van der Waals surface area contributed by atoms with Gasteiger partial charge in [0.05, 0.1) is 0 Å². The third-order valence-electron chi connectivity index (χ3n) is 4.67. The fourth-order valence-electron chi connectivity index (χ4n) is 3.42. The maximum atomic E-state index is 5.88. The van der Waals surface area contributed by atoms with Gasteiger partial charge in [-0.1, -0.05) is 48.5 Å². The third kappa shape index (κ3) is 2.48. The number of rotatable bonds is 2. The molecule has 1 aliphatic rings. The van der Waals surface area contributed by atoms with E-state index in [1.807, 2.05) is 5.01 Å². The van der Waals surface area contributed by atoms with E-state index < -0.39 is 0 Å². The van der Waals surface area contributed by atoms with Crippen molar-refractivity contribution in [2.75, 3.05) is 26.2 Å². The Labute approximate surface area is 130 Å². The molecular weight excluding hydrogens is 270 g/mol.